The maximum atomic E-state index is 10.5. The van der Waals surface area contributed by atoms with Gasteiger partial charge in [-0.1, -0.05) is 11.6 Å². The van der Waals surface area contributed by atoms with E-state index in [1.165, 1.54) is 0 Å². The van der Waals surface area contributed by atoms with Crippen molar-refractivity contribution in [3.63, 3.8) is 0 Å². The minimum atomic E-state index is -0.853. The molecule has 0 atom stereocenters. The van der Waals surface area contributed by atoms with Gasteiger partial charge in [-0.15, -0.1) is 0 Å². The summed E-state index contributed by atoms with van der Waals surface area (Å²) in [5.41, 5.74) is 0.679. The molecule has 0 aliphatic carbocycles. The van der Waals surface area contributed by atoms with Crippen LogP contribution >= 0.6 is 11.6 Å². The summed E-state index contributed by atoms with van der Waals surface area (Å²) < 4.78 is 1.72. The van der Waals surface area contributed by atoms with Gasteiger partial charge in [-0.25, -0.2) is 0 Å². The van der Waals surface area contributed by atoms with Crippen LogP contribution in [-0.4, -0.2) is 28.0 Å². The smallest absolute Gasteiger partial charge is 0.113 e. The molecule has 15 heavy (non-hydrogen) atoms. The van der Waals surface area contributed by atoms with Gasteiger partial charge < -0.3 is 10.4 Å². The van der Waals surface area contributed by atoms with Gasteiger partial charge in [0.1, 0.15) is 11.3 Å². The van der Waals surface area contributed by atoms with Crippen LogP contribution in [0.2, 0.25) is 5.02 Å². The lowest BCUT2D eigenvalue weighted by Gasteiger charge is -2.31. The first kappa shape index (κ1) is 10.9. The van der Waals surface area contributed by atoms with Crippen LogP contribution in [0.5, 0.6) is 0 Å². The van der Waals surface area contributed by atoms with E-state index in [0.29, 0.717) is 23.6 Å². The molecule has 1 aliphatic rings. The molecule has 1 saturated heterocycles. The molecule has 1 aliphatic heterocycles. The average molecular weight is 230 g/mol. The molecule has 0 spiro atoms. The first-order valence-corrected chi connectivity index (χ1v) is 5.55. The topological polar surface area (TPSA) is 50.1 Å². The quantitative estimate of drug-likeness (QED) is 0.754. The highest BCUT2D eigenvalue weighted by atomic mass is 35.5. The standard InChI is InChI=1S/C10H16ClN3O/c1-7-8(11)9(13-14(7)2)10(15)3-5-12-6-4-10/h12,15H,3-6H2,1-2H3. The van der Waals surface area contributed by atoms with Crippen molar-refractivity contribution in [2.45, 2.75) is 25.4 Å². The fourth-order valence-corrected chi connectivity index (χ4v) is 2.29. The summed E-state index contributed by atoms with van der Waals surface area (Å²) in [5.74, 6) is 0. The minimum Gasteiger partial charge on any atom is -0.383 e. The molecular formula is C10H16ClN3O. The van der Waals surface area contributed by atoms with Gasteiger partial charge in [0.2, 0.25) is 0 Å². The second-order valence-corrected chi connectivity index (χ2v) is 4.53. The molecule has 5 heteroatoms. The first-order valence-electron chi connectivity index (χ1n) is 5.17. The van der Waals surface area contributed by atoms with Gasteiger partial charge in [0.25, 0.3) is 0 Å². The summed E-state index contributed by atoms with van der Waals surface area (Å²) in [5, 5.41) is 18.6. The minimum absolute atomic E-state index is 0.599. The van der Waals surface area contributed by atoms with Crippen LogP contribution in [0.25, 0.3) is 0 Å². The Morgan fingerprint density at radius 1 is 1.47 bits per heavy atom. The Hall–Kier alpha value is -0.580. The lowest BCUT2D eigenvalue weighted by atomic mass is 9.89. The van der Waals surface area contributed by atoms with Gasteiger partial charge in [0.15, 0.2) is 0 Å². The van der Waals surface area contributed by atoms with Gasteiger partial charge in [-0.2, -0.15) is 5.10 Å². The van der Waals surface area contributed by atoms with E-state index in [2.05, 4.69) is 10.4 Å². The molecule has 84 valence electrons. The zero-order valence-electron chi connectivity index (χ0n) is 9.05. The van der Waals surface area contributed by atoms with Crippen LogP contribution in [0.4, 0.5) is 0 Å². The summed E-state index contributed by atoms with van der Waals surface area (Å²) >= 11 is 6.17. The SMILES string of the molecule is Cc1c(Cl)c(C2(O)CCNCC2)nn1C. The Morgan fingerprint density at radius 2 is 2.07 bits per heavy atom. The predicted octanol–water partition coefficient (Wildman–Crippen LogP) is 0.953. The molecule has 1 aromatic heterocycles. The van der Waals surface area contributed by atoms with Gasteiger partial charge in [-0.05, 0) is 32.9 Å². The number of aryl methyl sites for hydroxylation is 1. The average Bonchev–Trinajstić information content (AvgIpc) is 2.48. The van der Waals surface area contributed by atoms with E-state index in [0.717, 1.165) is 18.8 Å². The van der Waals surface area contributed by atoms with Crippen LogP contribution < -0.4 is 5.32 Å². The number of aliphatic hydroxyl groups is 1. The highest BCUT2D eigenvalue weighted by Gasteiger charge is 2.36. The van der Waals surface area contributed by atoms with Gasteiger partial charge in [0, 0.05) is 7.05 Å². The molecule has 0 saturated carbocycles. The van der Waals surface area contributed by atoms with Crippen molar-refractivity contribution < 1.29 is 5.11 Å². The monoisotopic (exact) mass is 229 g/mol. The van der Waals surface area contributed by atoms with Crippen molar-refractivity contribution >= 4 is 11.6 Å². The molecule has 0 amide bonds. The maximum Gasteiger partial charge on any atom is 0.113 e. The number of hydrogen-bond donors (Lipinski definition) is 2. The van der Waals surface area contributed by atoms with Crippen LogP contribution in [-0.2, 0) is 12.6 Å². The molecule has 1 aromatic rings. The largest absolute Gasteiger partial charge is 0.383 e. The lowest BCUT2D eigenvalue weighted by molar-refractivity contribution is 0.00151. The van der Waals surface area contributed by atoms with E-state index in [1.807, 2.05) is 14.0 Å². The fourth-order valence-electron chi connectivity index (χ4n) is 1.96. The predicted molar refractivity (Wildman–Crippen MR) is 59.0 cm³/mol. The van der Waals surface area contributed by atoms with Crippen LogP contribution in [0.3, 0.4) is 0 Å². The molecule has 0 unspecified atom stereocenters. The summed E-state index contributed by atoms with van der Waals surface area (Å²) in [7, 11) is 1.84. The summed E-state index contributed by atoms with van der Waals surface area (Å²) in [6, 6.07) is 0. The van der Waals surface area contributed by atoms with Crippen molar-refractivity contribution in [2.24, 2.45) is 7.05 Å². The van der Waals surface area contributed by atoms with Gasteiger partial charge in [0.05, 0.1) is 10.7 Å². The number of piperidine rings is 1. The Bertz CT molecular complexity index is 369. The van der Waals surface area contributed by atoms with Crippen molar-refractivity contribution in [1.82, 2.24) is 15.1 Å². The zero-order valence-corrected chi connectivity index (χ0v) is 9.80. The van der Waals surface area contributed by atoms with Crippen molar-refractivity contribution in [3.8, 4) is 0 Å². The normalized spacial score (nSPS) is 20.5. The summed E-state index contributed by atoms with van der Waals surface area (Å²) in [6.07, 6.45) is 1.34. The molecule has 2 rings (SSSR count). The number of hydrogen-bond acceptors (Lipinski definition) is 3. The number of nitrogens with one attached hydrogen (secondary N) is 1. The molecular weight excluding hydrogens is 214 g/mol. The number of halogens is 1. The third-order valence-corrected chi connectivity index (χ3v) is 3.58. The van der Waals surface area contributed by atoms with Crippen molar-refractivity contribution in [1.29, 1.82) is 0 Å². The van der Waals surface area contributed by atoms with E-state index in [9.17, 15) is 5.11 Å². The van der Waals surface area contributed by atoms with Crippen LogP contribution in [0, 0.1) is 6.92 Å². The Balaban J connectivity index is 2.39. The van der Waals surface area contributed by atoms with Gasteiger partial charge in [-0.3, -0.25) is 4.68 Å². The molecule has 4 nitrogen and oxygen atoms in total. The Morgan fingerprint density at radius 3 is 2.53 bits per heavy atom. The zero-order chi connectivity index (χ0) is 11.1. The number of rotatable bonds is 1. The van der Waals surface area contributed by atoms with Crippen LogP contribution in [0.15, 0.2) is 0 Å². The molecule has 0 bridgehead atoms. The molecule has 2 N–H and O–H groups in total. The molecule has 0 radical (unpaired) electrons. The van der Waals surface area contributed by atoms with Crippen molar-refractivity contribution in [2.75, 3.05) is 13.1 Å². The third kappa shape index (κ3) is 1.77. The van der Waals surface area contributed by atoms with E-state index in [4.69, 9.17) is 11.6 Å². The second kappa shape index (κ2) is 3.77. The number of aromatic nitrogens is 2. The summed E-state index contributed by atoms with van der Waals surface area (Å²) in [4.78, 5) is 0. The third-order valence-electron chi connectivity index (χ3n) is 3.13. The Labute approximate surface area is 94.2 Å². The summed E-state index contributed by atoms with van der Waals surface area (Å²) in [6.45, 7) is 3.52. The van der Waals surface area contributed by atoms with E-state index in [1.54, 1.807) is 4.68 Å². The molecule has 2 heterocycles. The first-order chi connectivity index (χ1) is 7.04. The molecule has 1 fully saturated rings. The fraction of sp³-hybridized carbons (Fsp3) is 0.700. The van der Waals surface area contributed by atoms with E-state index < -0.39 is 5.60 Å². The second-order valence-electron chi connectivity index (χ2n) is 4.15. The highest BCUT2D eigenvalue weighted by Crippen LogP contribution is 2.35. The highest BCUT2D eigenvalue weighted by molar-refractivity contribution is 6.32. The van der Waals surface area contributed by atoms with Crippen molar-refractivity contribution in [3.05, 3.63) is 16.4 Å². The van der Waals surface area contributed by atoms with Crippen LogP contribution in [0.1, 0.15) is 24.2 Å². The van der Waals surface area contributed by atoms with E-state index in [-0.39, 0.29) is 0 Å². The Kier molecular flexibility index (Phi) is 2.75. The molecule has 0 aromatic carbocycles. The van der Waals surface area contributed by atoms with E-state index >= 15 is 0 Å². The van der Waals surface area contributed by atoms with Gasteiger partial charge >= 0.3 is 0 Å². The number of nitrogens with zero attached hydrogens (tertiary/aromatic N) is 2. The lowest BCUT2D eigenvalue weighted by Crippen LogP contribution is -2.40. The maximum absolute atomic E-state index is 10.5.